The van der Waals surface area contributed by atoms with Gasteiger partial charge in [-0.2, -0.15) is 0 Å². The Labute approximate surface area is 123 Å². The summed E-state index contributed by atoms with van der Waals surface area (Å²) in [4.78, 5) is 15.8. The van der Waals surface area contributed by atoms with Gasteiger partial charge in [0.25, 0.3) is 0 Å². The van der Waals surface area contributed by atoms with Gasteiger partial charge in [0, 0.05) is 5.92 Å². The SMILES string of the molecule is COC(=O)C1=NC(=S)NC(c2ccc(OC)cc2)C1C. The average Bonchev–Trinajstić information content (AvgIpc) is 2.48. The summed E-state index contributed by atoms with van der Waals surface area (Å²) < 4.78 is 9.89. The van der Waals surface area contributed by atoms with Gasteiger partial charge in [0.15, 0.2) is 5.11 Å². The van der Waals surface area contributed by atoms with Crippen molar-refractivity contribution < 1.29 is 14.3 Å². The molecule has 0 aliphatic carbocycles. The number of benzene rings is 1. The maximum Gasteiger partial charge on any atom is 0.352 e. The predicted octanol–water partition coefficient (Wildman–Crippen LogP) is 1.87. The van der Waals surface area contributed by atoms with Crippen molar-refractivity contribution in [1.29, 1.82) is 0 Å². The summed E-state index contributed by atoms with van der Waals surface area (Å²) in [5.74, 6) is 0.198. The first kappa shape index (κ1) is 14.5. The first-order valence-electron chi connectivity index (χ1n) is 6.18. The number of methoxy groups -OCH3 is 2. The Morgan fingerprint density at radius 3 is 2.50 bits per heavy atom. The highest BCUT2D eigenvalue weighted by molar-refractivity contribution is 7.80. The van der Waals surface area contributed by atoms with E-state index in [4.69, 9.17) is 21.7 Å². The van der Waals surface area contributed by atoms with Gasteiger partial charge in [-0.25, -0.2) is 9.79 Å². The van der Waals surface area contributed by atoms with E-state index >= 15 is 0 Å². The first-order chi connectivity index (χ1) is 9.56. The number of hydrogen-bond acceptors (Lipinski definition) is 4. The molecule has 5 nitrogen and oxygen atoms in total. The molecule has 1 heterocycles. The summed E-state index contributed by atoms with van der Waals surface area (Å²) in [6, 6.07) is 7.51. The lowest BCUT2D eigenvalue weighted by Crippen LogP contribution is -2.42. The van der Waals surface area contributed by atoms with Crippen molar-refractivity contribution in [1.82, 2.24) is 5.32 Å². The van der Waals surface area contributed by atoms with Crippen LogP contribution in [0.15, 0.2) is 29.3 Å². The van der Waals surface area contributed by atoms with E-state index in [0.717, 1.165) is 11.3 Å². The van der Waals surface area contributed by atoms with Crippen molar-refractivity contribution in [2.24, 2.45) is 10.9 Å². The molecule has 6 heteroatoms. The molecule has 2 rings (SSSR count). The maximum atomic E-state index is 11.7. The molecule has 2 atom stereocenters. The number of hydrogen-bond donors (Lipinski definition) is 1. The number of carbonyl (C=O) groups excluding carboxylic acids is 1. The van der Waals surface area contributed by atoms with Crippen LogP contribution in [0.3, 0.4) is 0 Å². The summed E-state index contributed by atoms with van der Waals surface area (Å²) in [6.07, 6.45) is 0. The second-order valence-electron chi connectivity index (χ2n) is 4.48. The Balaban J connectivity index is 2.30. The minimum atomic E-state index is -0.445. The van der Waals surface area contributed by atoms with Crippen LogP contribution in [0, 0.1) is 5.92 Å². The van der Waals surface area contributed by atoms with E-state index in [1.807, 2.05) is 31.2 Å². The van der Waals surface area contributed by atoms with Crippen molar-refractivity contribution in [2.45, 2.75) is 13.0 Å². The number of esters is 1. The normalized spacial score (nSPS) is 21.8. The lowest BCUT2D eigenvalue weighted by atomic mass is 9.89. The number of ether oxygens (including phenoxy) is 2. The summed E-state index contributed by atoms with van der Waals surface area (Å²) in [7, 11) is 2.96. The molecule has 0 saturated carbocycles. The fourth-order valence-corrected chi connectivity index (χ4v) is 2.40. The number of nitrogens with zero attached hydrogens (tertiary/aromatic N) is 1. The minimum absolute atomic E-state index is 0.111. The maximum absolute atomic E-state index is 11.7. The zero-order valence-electron chi connectivity index (χ0n) is 11.5. The van der Waals surface area contributed by atoms with Crippen LogP contribution in [0.25, 0.3) is 0 Å². The fraction of sp³-hybridized carbons (Fsp3) is 0.357. The van der Waals surface area contributed by atoms with Crippen molar-refractivity contribution in [3.8, 4) is 5.75 Å². The van der Waals surface area contributed by atoms with Crippen LogP contribution >= 0.6 is 12.2 Å². The Kier molecular flexibility index (Phi) is 4.34. The van der Waals surface area contributed by atoms with Gasteiger partial charge in [-0.05, 0) is 29.9 Å². The Morgan fingerprint density at radius 2 is 1.95 bits per heavy atom. The van der Waals surface area contributed by atoms with Gasteiger partial charge in [0.1, 0.15) is 11.5 Å². The highest BCUT2D eigenvalue weighted by atomic mass is 32.1. The van der Waals surface area contributed by atoms with Crippen LogP contribution in [0.2, 0.25) is 0 Å². The topological polar surface area (TPSA) is 59.9 Å². The fourth-order valence-electron chi connectivity index (χ4n) is 2.18. The molecule has 0 amide bonds. The average molecular weight is 292 g/mol. The smallest absolute Gasteiger partial charge is 0.352 e. The summed E-state index contributed by atoms with van der Waals surface area (Å²) in [5, 5.41) is 3.42. The van der Waals surface area contributed by atoms with Crippen LogP contribution in [-0.4, -0.2) is 31.0 Å². The van der Waals surface area contributed by atoms with E-state index in [-0.39, 0.29) is 12.0 Å². The third kappa shape index (κ3) is 2.80. The van der Waals surface area contributed by atoms with E-state index in [0.29, 0.717) is 10.8 Å². The van der Waals surface area contributed by atoms with E-state index in [2.05, 4.69) is 10.3 Å². The Bertz CT molecular complexity index is 554. The molecule has 1 N–H and O–H groups in total. The van der Waals surface area contributed by atoms with Crippen LogP contribution in [0.4, 0.5) is 0 Å². The highest BCUT2D eigenvalue weighted by Gasteiger charge is 2.33. The van der Waals surface area contributed by atoms with E-state index < -0.39 is 5.97 Å². The highest BCUT2D eigenvalue weighted by Crippen LogP contribution is 2.28. The standard InChI is InChI=1S/C14H16N2O3S/c1-8-11(9-4-6-10(18-2)7-5-9)15-14(20)16-12(8)13(17)19-3/h4-8,11H,1-3H3,(H,15,20). The Morgan fingerprint density at radius 1 is 1.30 bits per heavy atom. The molecule has 106 valence electrons. The molecule has 20 heavy (non-hydrogen) atoms. The third-order valence-electron chi connectivity index (χ3n) is 3.30. The first-order valence-corrected chi connectivity index (χ1v) is 6.59. The monoisotopic (exact) mass is 292 g/mol. The van der Waals surface area contributed by atoms with Crippen LogP contribution in [0.1, 0.15) is 18.5 Å². The number of nitrogens with one attached hydrogen (secondary N) is 1. The van der Waals surface area contributed by atoms with Crippen molar-refractivity contribution in [3.63, 3.8) is 0 Å². The molecule has 0 bridgehead atoms. The van der Waals surface area contributed by atoms with Gasteiger partial charge >= 0.3 is 5.97 Å². The van der Waals surface area contributed by atoms with Crippen molar-refractivity contribution in [2.75, 3.05) is 14.2 Å². The quantitative estimate of drug-likeness (QED) is 0.681. The summed E-state index contributed by atoms with van der Waals surface area (Å²) in [5.41, 5.74) is 1.36. The predicted molar refractivity (Wildman–Crippen MR) is 80.1 cm³/mol. The molecule has 0 radical (unpaired) electrons. The minimum Gasteiger partial charge on any atom is -0.497 e. The molecule has 1 aliphatic rings. The largest absolute Gasteiger partial charge is 0.497 e. The molecule has 1 aromatic rings. The van der Waals surface area contributed by atoms with E-state index in [1.54, 1.807) is 7.11 Å². The van der Waals surface area contributed by atoms with Crippen molar-refractivity contribution >= 4 is 29.0 Å². The van der Waals surface area contributed by atoms with Gasteiger partial charge in [-0.1, -0.05) is 19.1 Å². The van der Waals surface area contributed by atoms with Gasteiger partial charge < -0.3 is 14.8 Å². The van der Waals surface area contributed by atoms with Gasteiger partial charge in [0.05, 0.1) is 20.3 Å². The van der Waals surface area contributed by atoms with Gasteiger partial charge in [-0.3, -0.25) is 0 Å². The lowest BCUT2D eigenvalue weighted by Gasteiger charge is -2.30. The summed E-state index contributed by atoms with van der Waals surface area (Å²) >= 11 is 5.10. The molecule has 1 aromatic carbocycles. The molecule has 0 saturated heterocycles. The molecule has 2 unspecified atom stereocenters. The third-order valence-corrected chi connectivity index (χ3v) is 3.51. The number of aliphatic imine (C=N–C) groups is 1. The lowest BCUT2D eigenvalue weighted by molar-refractivity contribution is -0.133. The van der Waals surface area contributed by atoms with E-state index in [9.17, 15) is 4.79 Å². The van der Waals surface area contributed by atoms with Gasteiger partial charge in [-0.15, -0.1) is 0 Å². The number of thiocarbonyl (C=S) groups is 1. The number of carbonyl (C=O) groups is 1. The molecule has 1 aliphatic heterocycles. The second-order valence-corrected chi connectivity index (χ2v) is 4.86. The Hall–Kier alpha value is -1.95. The zero-order valence-corrected chi connectivity index (χ0v) is 12.4. The molecular formula is C14H16N2O3S. The molecular weight excluding hydrogens is 276 g/mol. The number of rotatable bonds is 3. The zero-order chi connectivity index (χ0) is 14.7. The summed E-state index contributed by atoms with van der Waals surface area (Å²) in [6.45, 7) is 1.92. The van der Waals surface area contributed by atoms with Gasteiger partial charge in [0.2, 0.25) is 0 Å². The van der Waals surface area contributed by atoms with Crippen LogP contribution in [-0.2, 0) is 9.53 Å². The van der Waals surface area contributed by atoms with Crippen LogP contribution < -0.4 is 10.1 Å². The molecule has 0 spiro atoms. The van der Waals surface area contributed by atoms with Crippen molar-refractivity contribution in [3.05, 3.63) is 29.8 Å². The second kappa shape index (κ2) is 6.00. The van der Waals surface area contributed by atoms with E-state index in [1.165, 1.54) is 7.11 Å². The van der Waals surface area contributed by atoms with Crippen LogP contribution in [0.5, 0.6) is 5.75 Å². The molecule has 0 fully saturated rings. The molecule has 0 aromatic heterocycles.